The van der Waals surface area contributed by atoms with Crippen molar-refractivity contribution in [2.75, 3.05) is 5.32 Å². The predicted molar refractivity (Wildman–Crippen MR) is 139 cm³/mol. The highest BCUT2D eigenvalue weighted by atomic mass is 19.1. The Morgan fingerprint density at radius 3 is 2.63 bits per heavy atom. The number of aryl methyl sites for hydroxylation is 2. The summed E-state index contributed by atoms with van der Waals surface area (Å²) in [5.74, 6) is -0.653. The van der Waals surface area contributed by atoms with Gasteiger partial charge in [-0.3, -0.25) is 19.4 Å². The van der Waals surface area contributed by atoms with E-state index >= 15 is 0 Å². The number of nitrogens with zero attached hydrogens (tertiary/aromatic N) is 5. The summed E-state index contributed by atoms with van der Waals surface area (Å²) in [6.07, 6.45) is 3.53. The molecule has 11 heteroatoms. The van der Waals surface area contributed by atoms with Crippen molar-refractivity contribution in [3.8, 4) is 0 Å². The normalized spacial score (nSPS) is 11.6. The van der Waals surface area contributed by atoms with Crippen molar-refractivity contribution in [3.05, 3.63) is 106 Å². The maximum atomic E-state index is 14.6. The molecule has 0 aliphatic carbocycles. The largest absolute Gasteiger partial charge is 0.346 e. The molecule has 1 aromatic carbocycles. The highest BCUT2D eigenvalue weighted by Gasteiger charge is 2.14. The quantitative estimate of drug-likeness (QED) is 0.315. The molecule has 3 heterocycles. The third-order valence-corrected chi connectivity index (χ3v) is 5.75. The van der Waals surface area contributed by atoms with Crippen LogP contribution in [0, 0.1) is 6.92 Å². The number of pyridine rings is 2. The van der Waals surface area contributed by atoms with E-state index in [2.05, 4.69) is 25.9 Å². The van der Waals surface area contributed by atoms with Crippen LogP contribution in [0.4, 0.5) is 10.1 Å². The van der Waals surface area contributed by atoms with Gasteiger partial charge in [-0.1, -0.05) is 41.6 Å². The molecule has 10 nitrogen and oxygen atoms in total. The molecule has 2 N–H and O–H groups in total. The molecule has 0 radical (unpaired) electrons. The highest BCUT2D eigenvalue weighted by Crippen LogP contribution is 2.08. The third-order valence-electron chi connectivity index (χ3n) is 5.75. The van der Waals surface area contributed by atoms with Gasteiger partial charge in [0, 0.05) is 42.9 Å². The van der Waals surface area contributed by atoms with E-state index in [-0.39, 0.29) is 49.6 Å². The van der Waals surface area contributed by atoms with Gasteiger partial charge in [-0.15, -0.1) is 5.10 Å². The predicted octanol–water partition coefficient (Wildman–Crippen LogP) is 2.68. The Kier molecular flexibility index (Phi) is 8.70. The Morgan fingerprint density at radius 1 is 1.08 bits per heavy atom. The van der Waals surface area contributed by atoms with E-state index in [0.717, 1.165) is 16.8 Å². The zero-order chi connectivity index (χ0) is 26.9. The number of halogens is 1. The molecule has 2 amide bonds. The zero-order valence-electron chi connectivity index (χ0n) is 20.9. The number of aromatic nitrogens is 5. The van der Waals surface area contributed by atoms with Crippen LogP contribution in [-0.4, -0.2) is 42.5 Å². The van der Waals surface area contributed by atoms with Crippen LogP contribution in [0.25, 0.3) is 0 Å². The molecular weight excluding hydrogens is 489 g/mol. The summed E-state index contributed by atoms with van der Waals surface area (Å²) in [7, 11) is 0. The number of rotatable bonds is 11. The van der Waals surface area contributed by atoms with Gasteiger partial charge < -0.3 is 15.2 Å². The molecule has 1 unspecified atom stereocenters. The second-order valence-electron chi connectivity index (χ2n) is 8.86. The number of nitrogens with one attached hydrogen (secondary N) is 2. The van der Waals surface area contributed by atoms with Crippen LogP contribution in [0.1, 0.15) is 33.7 Å². The number of benzene rings is 1. The van der Waals surface area contributed by atoms with E-state index in [1.165, 1.54) is 27.7 Å². The van der Waals surface area contributed by atoms with Crippen LogP contribution in [0.3, 0.4) is 0 Å². The van der Waals surface area contributed by atoms with E-state index in [4.69, 9.17) is 0 Å². The Balaban J connectivity index is 1.23. The van der Waals surface area contributed by atoms with Gasteiger partial charge in [0.1, 0.15) is 6.17 Å². The molecule has 0 fully saturated rings. The van der Waals surface area contributed by atoms with Crippen molar-refractivity contribution in [2.45, 2.75) is 45.6 Å². The summed E-state index contributed by atoms with van der Waals surface area (Å²) in [5.41, 5.74) is 2.71. The Labute approximate surface area is 218 Å². The Hall–Kier alpha value is -4.67. The minimum atomic E-state index is -1.32. The number of anilines is 1. The number of carbonyl (C=O) groups is 2. The molecular formula is C27H28FN7O3. The number of alkyl halides is 1. The Morgan fingerprint density at radius 2 is 1.89 bits per heavy atom. The third kappa shape index (κ3) is 7.66. The van der Waals surface area contributed by atoms with Crippen molar-refractivity contribution < 1.29 is 14.0 Å². The van der Waals surface area contributed by atoms with Crippen LogP contribution in [0.5, 0.6) is 0 Å². The monoisotopic (exact) mass is 517 g/mol. The van der Waals surface area contributed by atoms with Crippen LogP contribution < -0.4 is 16.2 Å². The van der Waals surface area contributed by atoms with Crippen molar-refractivity contribution in [1.29, 1.82) is 0 Å². The maximum absolute atomic E-state index is 14.6. The lowest BCUT2D eigenvalue weighted by Crippen LogP contribution is -2.24. The van der Waals surface area contributed by atoms with Gasteiger partial charge in [0.2, 0.25) is 5.91 Å². The number of hydrogen-bond donors (Lipinski definition) is 2. The van der Waals surface area contributed by atoms with E-state index < -0.39 is 12.1 Å². The van der Waals surface area contributed by atoms with Crippen LogP contribution in [-0.2, 0) is 30.8 Å². The van der Waals surface area contributed by atoms with E-state index in [0.29, 0.717) is 5.69 Å². The minimum Gasteiger partial charge on any atom is -0.346 e. The second kappa shape index (κ2) is 12.5. The summed E-state index contributed by atoms with van der Waals surface area (Å²) in [6, 6.07) is 15.9. The fourth-order valence-electron chi connectivity index (χ4n) is 3.70. The van der Waals surface area contributed by atoms with E-state index in [1.54, 1.807) is 12.3 Å². The van der Waals surface area contributed by atoms with Gasteiger partial charge in [-0.25, -0.2) is 9.07 Å². The first-order chi connectivity index (χ1) is 18.4. The molecule has 196 valence electrons. The number of carbonyl (C=O) groups excluding carboxylic acids is 2. The SMILES string of the molecule is Cc1ccc(CNC(=O)c2cn(CC(F)CCn3ccc(NC(=O)Cc4ccccc4)cc3=O)nn2)cn1. The molecule has 38 heavy (non-hydrogen) atoms. The first-order valence-electron chi connectivity index (χ1n) is 12.1. The smallest absolute Gasteiger partial charge is 0.273 e. The lowest BCUT2D eigenvalue weighted by Gasteiger charge is -2.11. The average molecular weight is 518 g/mol. The van der Waals surface area contributed by atoms with Crippen molar-refractivity contribution in [1.82, 2.24) is 29.9 Å². The van der Waals surface area contributed by atoms with Gasteiger partial charge in [0.15, 0.2) is 5.69 Å². The van der Waals surface area contributed by atoms with Crippen LogP contribution in [0.15, 0.2) is 78.0 Å². The van der Waals surface area contributed by atoms with Gasteiger partial charge in [0.05, 0.1) is 19.2 Å². The molecule has 3 aromatic heterocycles. The van der Waals surface area contributed by atoms with Gasteiger partial charge in [-0.2, -0.15) is 0 Å². The Bertz CT molecular complexity index is 1440. The standard InChI is InChI=1S/C27H28FN7O3/c1-19-7-8-21(15-29-19)16-30-27(38)24-18-35(33-32-24)17-22(28)9-11-34-12-10-23(14-26(34)37)31-25(36)13-20-5-3-2-4-6-20/h2-8,10,12,14-15,18,22H,9,11,13,16-17H2,1H3,(H,30,38)(H,31,36). The summed E-state index contributed by atoms with van der Waals surface area (Å²) in [6.45, 7) is 2.20. The summed E-state index contributed by atoms with van der Waals surface area (Å²) in [5, 5.41) is 13.1. The molecule has 0 aliphatic heterocycles. The molecule has 0 saturated heterocycles. The molecule has 0 saturated carbocycles. The summed E-state index contributed by atoms with van der Waals surface area (Å²) >= 11 is 0. The zero-order valence-corrected chi connectivity index (χ0v) is 20.9. The fraction of sp³-hybridized carbons (Fsp3) is 0.259. The first kappa shape index (κ1) is 26.4. The molecule has 0 spiro atoms. The lowest BCUT2D eigenvalue weighted by molar-refractivity contribution is -0.115. The molecule has 0 aliphatic rings. The molecule has 4 rings (SSSR count). The van der Waals surface area contributed by atoms with Crippen LogP contribution in [0.2, 0.25) is 0 Å². The molecule has 4 aromatic rings. The minimum absolute atomic E-state index is 0.0570. The maximum Gasteiger partial charge on any atom is 0.273 e. The topological polar surface area (TPSA) is 124 Å². The average Bonchev–Trinajstić information content (AvgIpc) is 3.36. The van der Waals surface area contributed by atoms with Crippen molar-refractivity contribution in [2.24, 2.45) is 0 Å². The van der Waals surface area contributed by atoms with Crippen molar-refractivity contribution in [3.63, 3.8) is 0 Å². The summed E-state index contributed by atoms with van der Waals surface area (Å²) in [4.78, 5) is 41.1. The second-order valence-corrected chi connectivity index (χ2v) is 8.86. The first-order valence-corrected chi connectivity index (χ1v) is 12.1. The van der Waals surface area contributed by atoms with Crippen LogP contribution >= 0.6 is 0 Å². The van der Waals surface area contributed by atoms with E-state index in [9.17, 15) is 18.8 Å². The lowest BCUT2D eigenvalue weighted by atomic mass is 10.1. The van der Waals surface area contributed by atoms with Crippen molar-refractivity contribution >= 4 is 17.5 Å². The summed E-state index contributed by atoms with van der Waals surface area (Å²) < 4.78 is 17.2. The molecule has 1 atom stereocenters. The number of amides is 2. The highest BCUT2D eigenvalue weighted by molar-refractivity contribution is 5.92. The van der Waals surface area contributed by atoms with E-state index in [1.807, 2.05) is 49.4 Å². The fourth-order valence-corrected chi connectivity index (χ4v) is 3.70. The number of hydrogen-bond acceptors (Lipinski definition) is 6. The molecule has 0 bridgehead atoms. The van der Waals surface area contributed by atoms with Gasteiger partial charge in [0.25, 0.3) is 11.5 Å². The van der Waals surface area contributed by atoms with Gasteiger partial charge >= 0.3 is 0 Å². The van der Waals surface area contributed by atoms with Gasteiger partial charge in [-0.05, 0) is 36.6 Å².